The molecule has 2 aromatic heterocycles. The Kier molecular flexibility index (Phi) is 5.09. The van der Waals surface area contributed by atoms with Crippen LogP contribution >= 0.6 is 11.6 Å². The molecular weight excluding hydrogens is 346 g/mol. The Morgan fingerprint density at radius 2 is 1.85 bits per heavy atom. The molecule has 26 heavy (non-hydrogen) atoms. The van der Waals surface area contributed by atoms with Gasteiger partial charge < -0.3 is 10.6 Å². The summed E-state index contributed by atoms with van der Waals surface area (Å²) < 4.78 is 0. The molecule has 1 saturated heterocycles. The maximum atomic E-state index is 5.98. The van der Waals surface area contributed by atoms with Gasteiger partial charge in [-0.2, -0.15) is 0 Å². The van der Waals surface area contributed by atoms with Gasteiger partial charge in [0, 0.05) is 47.2 Å². The summed E-state index contributed by atoms with van der Waals surface area (Å²) in [6.45, 7) is 1.98. The van der Waals surface area contributed by atoms with Gasteiger partial charge in [-0.25, -0.2) is 9.97 Å². The van der Waals surface area contributed by atoms with E-state index >= 15 is 0 Å². The molecule has 6 heteroatoms. The number of rotatable bonds is 4. The van der Waals surface area contributed by atoms with Gasteiger partial charge in [-0.05, 0) is 55.8 Å². The Labute approximate surface area is 157 Å². The van der Waals surface area contributed by atoms with E-state index in [2.05, 4.69) is 15.6 Å². The van der Waals surface area contributed by atoms with Crippen LogP contribution in [0.25, 0.3) is 11.3 Å². The SMILES string of the molecule is Clc1ccc(Nc2cc(-c3ccncc3)nc([C@@H]3CCCNC3)n2)cc1. The van der Waals surface area contributed by atoms with Crippen LogP contribution in [-0.4, -0.2) is 28.0 Å². The van der Waals surface area contributed by atoms with Crippen LogP contribution in [0, 0.1) is 0 Å². The summed E-state index contributed by atoms with van der Waals surface area (Å²) in [7, 11) is 0. The summed E-state index contributed by atoms with van der Waals surface area (Å²) in [5.41, 5.74) is 2.88. The van der Waals surface area contributed by atoms with Gasteiger partial charge in [-0.15, -0.1) is 0 Å². The van der Waals surface area contributed by atoms with Gasteiger partial charge in [0.05, 0.1) is 5.69 Å². The van der Waals surface area contributed by atoms with Crippen LogP contribution in [0.2, 0.25) is 5.02 Å². The highest BCUT2D eigenvalue weighted by molar-refractivity contribution is 6.30. The zero-order valence-electron chi connectivity index (χ0n) is 14.3. The first-order chi connectivity index (χ1) is 12.8. The van der Waals surface area contributed by atoms with E-state index in [9.17, 15) is 0 Å². The molecule has 1 aliphatic heterocycles. The molecule has 1 atom stereocenters. The van der Waals surface area contributed by atoms with Crippen molar-refractivity contribution >= 4 is 23.1 Å². The Balaban J connectivity index is 1.70. The smallest absolute Gasteiger partial charge is 0.135 e. The van der Waals surface area contributed by atoms with Crippen molar-refractivity contribution in [2.75, 3.05) is 18.4 Å². The van der Waals surface area contributed by atoms with E-state index < -0.39 is 0 Å². The minimum atomic E-state index is 0.330. The molecule has 0 saturated carbocycles. The zero-order chi connectivity index (χ0) is 17.8. The first-order valence-electron chi connectivity index (χ1n) is 8.80. The Hall–Kier alpha value is -2.50. The fourth-order valence-electron chi connectivity index (χ4n) is 3.14. The van der Waals surface area contributed by atoms with Crippen molar-refractivity contribution in [3.05, 3.63) is 65.7 Å². The molecule has 132 valence electrons. The molecule has 3 aromatic rings. The van der Waals surface area contributed by atoms with Crippen LogP contribution in [0.15, 0.2) is 54.9 Å². The van der Waals surface area contributed by atoms with Crippen molar-refractivity contribution in [3.63, 3.8) is 0 Å². The van der Waals surface area contributed by atoms with E-state index in [1.807, 2.05) is 42.5 Å². The van der Waals surface area contributed by atoms with Crippen LogP contribution in [0.4, 0.5) is 11.5 Å². The molecule has 0 amide bonds. The van der Waals surface area contributed by atoms with Gasteiger partial charge in [0.1, 0.15) is 11.6 Å². The number of hydrogen-bond acceptors (Lipinski definition) is 5. The minimum Gasteiger partial charge on any atom is -0.340 e. The molecule has 0 aliphatic carbocycles. The predicted molar refractivity (Wildman–Crippen MR) is 105 cm³/mol. The molecular formula is C20H20ClN5. The first kappa shape index (κ1) is 16.9. The predicted octanol–water partition coefficient (Wildman–Crippen LogP) is 4.40. The molecule has 3 heterocycles. The van der Waals surface area contributed by atoms with E-state index in [0.29, 0.717) is 10.9 Å². The summed E-state index contributed by atoms with van der Waals surface area (Å²) in [4.78, 5) is 13.7. The normalized spacial score (nSPS) is 17.0. The highest BCUT2D eigenvalue weighted by Crippen LogP contribution is 2.27. The molecule has 1 aliphatic rings. The van der Waals surface area contributed by atoms with E-state index in [1.165, 1.54) is 0 Å². The first-order valence-corrected chi connectivity index (χ1v) is 9.18. The molecule has 4 rings (SSSR count). The Morgan fingerprint density at radius 1 is 1.04 bits per heavy atom. The van der Waals surface area contributed by atoms with Crippen molar-refractivity contribution in [2.45, 2.75) is 18.8 Å². The van der Waals surface area contributed by atoms with Gasteiger partial charge in [0.15, 0.2) is 0 Å². The number of halogens is 1. The Morgan fingerprint density at radius 3 is 2.58 bits per heavy atom. The fraction of sp³-hybridized carbons (Fsp3) is 0.250. The lowest BCUT2D eigenvalue weighted by atomic mass is 9.98. The van der Waals surface area contributed by atoms with Crippen molar-refractivity contribution in [1.29, 1.82) is 0 Å². The fourth-order valence-corrected chi connectivity index (χ4v) is 3.26. The lowest BCUT2D eigenvalue weighted by Gasteiger charge is -2.22. The highest BCUT2D eigenvalue weighted by atomic mass is 35.5. The largest absolute Gasteiger partial charge is 0.340 e. The minimum absolute atomic E-state index is 0.330. The summed E-state index contributed by atoms with van der Waals surface area (Å²) in [5.74, 6) is 1.99. The average molecular weight is 366 g/mol. The maximum absolute atomic E-state index is 5.98. The molecule has 5 nitrogen and oxygen atoms in total. The van der Waals surface area contributed by atoms with Gasteiger partial charge in [-0.1, -0.05) is 11.6 Å². The van der Waals surface area contributed by atoms with E-state index in [-0.39, 0.29) is 0 Å². The van der Waals surface area contributed by atoms with Gasteiger partial charge >= 0.3 is 0 Å². The van der Waals surface area contributed by atoms with Crippen LogP contribution in [0.1, 0.15) is 24.6 Å². The number of nitrogens with one attached hydrogen (secondary N) is 2. The van der Waals surface area contributed by atoms with Gasteiger partial charge in [0.25, 0.3) is 0 Å². The van der Waals surface area contributed by atoms with Crippen molar-refractivity contribution in [3.8, 4) is 11.3 Å². The molecule has 2 N–H and O–H groups in total. The van der Waals surface area contributed by atoms with Gasteiger partial charge in [0.2, 0.25) is 0 Å². The molecule has 0 bridgehead atoms. The van der Waals surface area contributed by atoms with Crippen LogP contribution < -0.4 is 10.6 Å². The standard InChI is InChI=1S/C20H20ClN5/c21-16-3-5-17(6-4-16)24-19-12-18(14-7-10-22-11-8-14)25-20(26-19)15-2-1-9-23-13-15/h3-8,10-12,15,23H,1-2,9,13H2,(H,24,25,26)/t15-/m1/s1. The molecule has 1 aromatic carbocycles. The third kappa shape index (κ3) is 4.00. The third-order valence-electron chi connectivity index (χ3n) is 4.50. The summed E-state index contributed by atoms with van der Waals surface area (Å²) in [5, 5.41) is 7.53. The average Bonchev–Trinajstić information content (AvgIpc) is 2.71. The zero-order valence-corrected chi connectivity index (χ0v) is 15.1. The monoisotopic (exact) mass is 365 g/mol. The lowest BCUT2D eigenvalue weighted by Crippen LogP contribution is -2.29. The number of benzene rings is 1. The van der Waals surface area contributed by atoms with Crippen LogP contribution in [0.3, 0.4) is 0 Å². The number of anilines is 2. The number of aromatic nitrogens is 3. The number of piperidine rings is 1. The second-order valence-corrected chi connectivity index (χ2v) is 6.84. The van der Waals surface area contributed by atoms with Crippen molar-refractivity contribution < 1.29 is 0 Å². The molecule has 0 unspecified atom stereocenters. The van der Waals surface area contributed by atoms with E-state index in [0.717, 1.165) is 54.5 Å². The summed E-state index contributed by atoms with van der Waals surface area (Å²) in [6, 6.07) is 13.5. The number of pyridine rings is 1. The highest BCUT2D eigenvalue weighted by Gasteiger charge is 2.19. The molecule has 1 fully saturated rings. The van der Waals surface area contributed by atoms with Crippen molar-refractivity contribution in [1.82, 2.24) is 20.3 Å². The molecule has 0 radical (unpaired) electrons. The second kappa shape index (κ2) is 7.81. The molecule has 0 spiro atoms. The van der Waals surface area contributed by atoms with Crippen molar-refractivity contribution in [2.24, 2.45) is 0 Å². The maximum Gasteiger partial charge on any atom is 0.135 e. The Bertz CT molecular complexity index is 861. The number of nitrogens with zero attached hydrogens (tertiary/aromatic N) is 3. The van der Waals surface area contributed by atoms with E-state index in [4.69, 9.17) is 21.6 Å². The summed E-state index contributed by atoms with van der Waals surface area (Å²) in [6.07, 6.45) is 5.82. The van der Waals surface area contributed by atoms with Gasteiger partial charge in [-0.3, -0.25) is 4.98 Å². The van der Waals surface area contributed by atoms with Crippen LogP contribution in [-0.2, 0) is 0 Å². The summed E-state index contributed by atoms with van der Waals surface area (Å²) >= 11 is 5.98. The lowest BCUT2D eigenvalue weighted by molar-refractivity contribution is 0.447. The number of hydrogen-bond donors (Lipinski definition) is 2. The van der Waals surface area contributed by atoms with Crippen LogP contribution in [0.5, 0.6) is 0 Å². The third-order valence-corrected chi connectivity index (χ3v) is 4.75. The topological polar surface area (TPSA) is 62.7 Å². The second-order valence-electron chi connectivity index (χ2n) is 6.41. The van der Waals surface area contributed by atoms with E-state index in [1.54, 1.807) is 12.4 Å². The quantitative estimate of drug-likeness (QED) is 0.717.